The fraction of sp³-hybridized carbons (Fsp3) is 0.600. The lowest BCUT2D eigenvalue weighted by molar-refractivity contribution is -0.0125. The Labute approximate surface area is 83.2 Å². The van der Waals surface area contributed by atoms with Crippen LogP contribution in [0.25, 0.3) is 0 Å². The Bertz CT molecular complexity index is 217. The Morgan fingerprint density at radius 1 is 1.62 bits per heavy atom. The van der Waals surface area contributed by atoms with Crippen LogP contribution in [0.1, 0.15) is 18.2 Å². The van der Waals surface area contributed by atoms with Crippen molar-refractivity contribution in [1.82, 2.24) is 0 Å². The first kappa shape index (κ1) is 10.7. The van der Waals surface area contributed by atoms with E-state index in [1.54, 1.807) is 18.4 Å². The molecule has 0 aromatic carbocycles. The van der Waals surface area contributed by atoms with Crippen LogP contribution in [0, 0.1) is 0 Å². The molecule has 2 nitrogen and oxygen atoms in total. The Hall–Kier alpha value is -0.380. The Morgan fingerprint density at radius 3 is 2.85 bits per heavy atom. The van der Waals surface area contributed by atoms with Gasteiger partial charge in [-0.15, -0.1) is 11.3 Å². The van der Waals surface area contributed by atoms with Gasteiger partial charge in [0.2, 0.25) is 0 Å². The maximum Gasteiger partial charge on any atom is 0.0849 e. The van der Waals surface area contributed by atoms with E-state index >= 15 is 0 Å². The number of thiophene rings is 1. The summed E-state index contributed by atoms with van der Waals surface area (Å²) in [5, 5.41) is 11.8. The van der Waals surface area contributed by atoms with Crippen LogP contribution in [-0.2, 0) is 11.2 Å². The Balaban J connectivity index is 2.44. The van der Waals surface area contributed by atoms with E-state index in [-0.39, 0.29) is 12.2 Å². The molecule has 1 rings (SSSR count). The number of hydrogen-bond donors (Lipinski definition) is 1. The van der Waals surface area contributed by atoms with E-state index in [1.807, 2.05) is 24.4 Å². The zero-order chi connectivity index (χ0) is 9.68. The van der Waals surface area contributed by atoms with Crippen molar-refractivity contribution in [1.29, 1.82) is 0 Å². The average Bonchev–Trinajstić information content (AvgIpc) is 2.59. The lowest BCUT2D eigenvalue weighted by Gasteiger charge is -2.19. The molecule has 1 N–H and O–H groups in total. The van der Waals surface area contributed by atoms with Crippen molar-refractivity contribution in [3.63, 3.8) is 0 Å². The molecule has 0 aliphatic rings. The molecule has 0 aliphatic carbocycles. The lowest BCUT2D eigenvalue weighted by Crippen LogP contribution is -2.28. The third-order valence-electron chi connectivity index (χ3n) is 2.12. The molecule has 0 bridgehead atoms. The van der Waals surface area contributed by atoms with E-state index in [1.165, 1.54) is 4.88 Å². The highest BCUT2D eigenvalue weighted by Gasteiger charge is 2.17. The minimum Gasteiger partial charge on any atom is -0.390 e. The first-order chi connectivity index (χ1) is 6.27. The minimum atomic E-state index is -0.381. The summed E-state index contributed by atoms with van der Waals surface area (Å²) in [7, 11) is 1.64. The molecular weight excluding hydrogens is 184 g/mol. The molecular formula is C10H16O2S. The van der Waals surface area contributed by atoms with Gasteiger partial charge in [-0.3, -0.25) is 0 Å². The first-order valence-corrected chi connectivity index (χ1v) is 5.39. The molecule has 2 atom stereocenters. The van der Waals surface area contributed by atoms with Crippen LogP contribution < -0.4 is 0 Å². The van der Waals surface area contributed by atoms with Crippen LogP contribution in [0.4, 0.5) is 0 Å². The van der Waals surface area contributed by atoms with E-state index in [9.17, 15) is 5.11 Å². The molecule has 1 aromatic rings. The lowest BCUT2D eigenvalue weighted by atomic mass is 10.1. The topological polar surface area (TPSA) is 29.5 Å². The fourth-order valence-electron chi connectivity index (χ4n) is 1.36. The second-order valence-corrected chi connectivity index (χ2v) is 4.07. The van der Waals surface area contributed by atoms with Crippen LogP contribution in [0.15, 0.2) is 17.5 Å². The van der Waals surface area contributed by atoms with Crippen LogP contribution >= 0.6 is 11.3 Å². The molecule has 0 amide bonds. The van der Waals surface area contributed by atoms with Gasteiger partial charge in [-0.25, -0.2) is 0 Å². The Kier molecular flexibility index (Phi) is 4.42. The van der Waals surface area contributed by atoms with Gasteiger partial charge in [0.1, 0.15) is 0 Å². The SMILES string of the molecule is CCC(OC)C(O)Cc1cccs1. The molecule has 2 unspecified atom stereocenters. The van der Waals surface area contributed by atoms with Crippen molar-refractivity contribution >= 4 is 11.3 Å². The predicted octanol–water partition coefficient (Wildman–Crippen LogP) is 2.08. The summed E-state index contributed by atoms with van der Waals surface area (Å²) in [5.41, 5.74) is 0. The van der Waals surface area contributed by atoms with Gasteiger partial charge in [0.15, 0.2) is 0 Å². The maximum absolute atomic E-state index is 9.76. The fourth-order valence-corrected chi connectivity index (χ4v) is 2.12. The molecule has 0 saturated carbocycles. The van der Waals surface area contributed by atoms with Crippen molar-refractivity contribution in [3.8, 4) is 0 Å². The van der Waals surface area contributed by atoms with E-state index < -0.39 is 0 Å². The smallest absolute Gasteiger partial charge is 0.0849 e. The third kappa shape index (κ3) is 3.10. The second kappa shape index (κ2) is 5.37. The van der Waals surface area contributed by atoms with Crippen molar-refractivity contribution < 1.29 is 9.84 Å². The van der Waals surface area contributed by atoms with Crippen molar-refractivity contribution in [2.45, 2.75) is 32.0 Å². The summed E-state index contributed by atoms with van der Waals surface area (Å²) in [6.07, 6.45) is 1.13. The zero-order valence-corrected chi connectivity index (χ0v) is 8.88. The quantitative estimate of drug-likeness (QED) is 0.788. The number of aliphatic hydroxyl groups excluding tert-OH is 1. The highest BCUT2D eigenvalue weighted by molar-refractivity contribution is 7.09. The van der Waals surface area contributed by atoms with Crippen LogP contribution in [0.2, 0.25) is 0 Å². The highest BCUT2D eigenvalue weighted by Crippen LogP contribution is 2.14. The number of ether oxygens (including phenoxy) is 1. The summed E-state index contributed by atoms with van der Waals surface area (Å²) in [4.78, 5) is 1.21. The van der Waals surface area contributed by atoms with Gasteiger partial charge in [-0.1, -0.05) is 13.0 Å². The van der Waals surface area contributed by atoms with Crippen molar-refractivity contribution in [2.24, 2.45) is 0 Å². The molecule has 1 aromatic heterocycles. The number of rotatable bonds is 5. The monoisotopic (exact) mass is 200 g/mol. The number of aliphatic hydroxyl groups is 1. The molecule has 0 aliphatic heterocycles. The van der Waals surface area contributed by atoms with E-state index in [0.717, 1.165) is 6.42 Å². The molecule has 0 saturated heterocycles. The van der Waals surface area contributed by atoms with Crippen molar-refractivity contribution in [2.75, 3.05) is 7.11 Å². The number of methoxy groups -OCH3 is 1. The van der Waals surface area contributed by atoms with Gasteiger partial charge in [0.05, 0.1) is 12.2 Å². The van der Waals surface area contributed by atoms with E-state index in [4.69, 9.17) is 4.74 Å². The van der Waals surface area contributed by atoms with Gasteiger partial charge < -0.3 is 9.84 Å². The Morgan fingerprint density at radius 2 is 2.38 bits per heavy atom. The molecule has 0 radical (unpaired) electrons. The van der Waals surface area contributed by atoms with Gasteiger partial charge in [-0.2, -0.15) is 0 Å². The predicted molar refractivity (Wildman–Crippen MR) is 55.1 cm³/mol. The molecule has 0 fully saturated rings. The van der Waals surface area contributed by atoms with Crippen LogP contribution in [0.5, 0.6) is 0 Å². The summed E-state index contributed by atoms with van der Waals surface area (Å²) in [6, 6.07) is 4.04. The summed E-state index contributed by atoms with van der Waals surface area (Å²) in [5.74, 6) is 0. The zero-order valence-electron chi connectivity index (χ0n) is 8.06. The van der Waals surface area contributed by atoms with Gasteiger partial charge in [0.25, 0.3) is 0 Å². The molecule has 0 spiro atoms. The first-order valence-electron chi connectivity index (χ1n) is 4.51. The highest BCUT2D eigenvalue weighted by atomic mass is 32.1. The van der Waals surface area contributed by atoms with E-state index in [2.05, 4.69) is 0 Å². The molecule has 3 heteroatoms. The van der Waals surface area contributed by atoms with Gasteiger partial charge in [0, 0.05) is 18.4 Å². The summed E-state index contributed by atoms with van der Waals surface area (Å²) >= 11 is 1.67. The van der Waals surface area contributed by atoms with Gasteiger partial charge in [-0.05, 0) is 17.9 Å². The second-order valence-electron chi connectivity index (χ2n) is 3.03. The summed E-state index contributed by atoms with van der Waals surface area (Å²) < 4.78 is 5.16. The molecule has 74 valence electrons. The maximum atomic E-state index is 9.76. The molecule has 13 heavy (non-hydrogen) atoms. The van der Waals surface area contributed by atoms with Gasteiger partial charge >= 0.3 is 0 Å². The summed E-state index contributed by atoms with van der Waals surface area (Å²) in [6.45, 7) is 2.02. The third-order valence-corrected chi connectivity index (χ3v) is 3.02. The standard InChI is InChI=1S/C10H16O2S/c1-3-10(12-2)9(11)7-8-5-4-6-13-8/h4-6,9-11H,3,7H2,1-2H3. The average molecular weight is 200 g/mol. The number of hydrogen-bond acceptors (Lipinski definition) is 3. The van der Waals surface area contributed by atoms with Crippen molar-refractivity contribution in [3.05, 3.63) is 22.4 Å². The van der Waals surface area contributed by atoms with E-state index in [0.29, 0.717) is 6.42 Å². The molecule has 1 heterocycles. The normalized spacial score (nSPS) is 15.6. The van der Waals surface area contributed by atoms with Crippen LogP contribution in [0.3, 0.4) is 0 Å². The van der Waals surface area contributed by atoms with Crippen LogP contribution in [-0.4, -0.2) is 24.4 Å². The largest absolute Gasteiger partial charge is 0.390 e. The minimum absolute atomic E-state index is 0.0397.